The monoisotopic (exact) mass is 236 g/mol. The fourth-order valence-corrected chi connectivity index (χ4v) is 4.64. The van der Waals surface area contributed by atoms with Crippen molar-refractivity contribution < 1.29 is 18.6 Å². The Bertz CT molecular complexity index is 311. The first-order valence-electron chi connectivity index (χ1n) is 5.37. The van der Waals surface area contributed by atoms with Crippen LogP contribution in [0.1, 0.15) is 26.7 Å². The van der Waals surface area contributed by atoms with Gasteiger partial charge in [-0.1, -0.05) is 13.8 Å². The summed E-state index contributed by atoms with van der Waals surface area (Å²) in [4.78, 5) is 0. The lowest BCUT2D eigenvalue weighted by molar-refractivity contribution is 0.205. The molecule has 0 spiro atoms. The molecule has 0 heterocycles. The highest BCUT2D eigenvalue weighted by molar-refractivity contribution is 7.92. The lowest BCUT2D eigenvalue weighted by Gasteiger charge is -2.30. The van der Waals surface area contributed by atoms with Crippen LogP contribution in [0.4, 0.5) is 0 Å². The second-order valence-corrected chi connectivity index (χ2v) is 7.14. The molecule has 0 aliphatic heterocycles. The fourth-order valence-electron chi connectivity index (χ4n) is 2.67. The van der Waals surface area contributed by atoms with E-state index in [2.05, 4.69) is 0 Å². The Morgan fingerprint density at radius 2 is 2.00 bits per heavy atom. The van der Waals surface area contributed by atoms with E-state index in [9.17, 15) is 13.5 Å². The van der Waals surface area contributed by atoms with E-state index >= 15 is 0 Å². The molecule has 0 amide bonds. The zero-order valence-corrected chi connectivity index (χ0v) is 10.1. The van der Waals surface area contributed by atoms with Crippen molar-refractivity contribution in [1.29, 1.82) is 0 Å². The van der Waals surface area contributed by atoms with Crippen molar-refractivity contribution in [3.63, 3.8) is 0 Å². The number of hydrogen-bond acceptors (Lipinski definition) is 4. The van der Waals surface area contributed by atoms with Crippen molar-refractivity contribution in [2.45, 2.75) is 31.4 Å². The molecule has 1 fully saturated rings. The van der Waals surface area contributed by atoms with E-state index in [-0.39, 0.29) is 30.8 Å². The highest BCUT2D eigenvalue weighted by Gasteiger charge is 2.52. The molecule has 2 N–H and O–H groups in total. The van der Waals surface area contributed by atoms with E-state index in [1.165, 1.54) is 0 Å². The minimum atomic E-state index is -3.26. The van der Waals surface area contributed by atoms with Crippen LogP contribution in [0.3, 0.4) is 0 Å². The molecule has 3 atom stereocenters. The van der Waals surface area contributed by atoms with E-state index in [1.54, 1.807) is 6.92 Å². The topological polar surface area (TPSA) is 74.6 Å². The summed E-state index contributed by atoms with van der Waals surface area (Å²) in [6, 6.07) is 0. The number of rotatable bonds is 4. The summed E-state index contributed by atoms with van der Waals surface area (Å²) in [5.74, 6) is -0.0196. The number of aliphatic hydroxyl groups excluding tert-OH is 2. The minimum absolute atomic E-state index is 0.00528. The van der Waals surface area contributed by atoms with Gasteiger partial charge in [0.1, 0.15) is 0 Å². The van der Waals surface area contributed by atoms with Crippen LogP contribution < -0.4 is 0 Å². The minimum Gasteiger partial charge on any atom is -0.396 e. The van der Waals surface area contributed by atoms with Gasteiger partial charge in [-0.15, -0.1) is 0 Å². The molecule has 0 aromatic heterocycles. The third kappa shape index (κ3) is 1.92. The van der Waals surface area contributed by atoms with Crippen LogP contribution in [-0.4, -0.2) is 42.3 Å². The van der Waals surface area contributed by atoms with Gasteiger partial charge in [-0.3, -0.25) is 0 Å². The van der Waals surface area contributed by atoms with Gasteiger partial charge in [-0.2, -0.15) is 0 Å². The van der Waals surface area contributed by atoms with E-state index < -0.39 is 14.6 Å². The molecule has 5 heteroatoms. The lowest BCUT2D eigenvalue weighted by atomic mass is 9.98. The van der Waals surface area contributed by atoms with Gasteiger partial charge in [0.05, 0.1) is 11.4 Å². The average molecular weight is 236 g/mol. The Morgan fingerprint density at radius 3 is 2.33 bits per heavy atom. The first-order valence-corrected chi connectivity index (χ1v) is 7.02. The molecular weight excluding hydrogens is 216 g/mol. The van der Waals surface area contributed by atoms with Crippen LogP contribution in [0.15, 0.2) is 0 Å². The van der Waals surface area contributed by atoms with Crippen molar-refractivity contribution in [3.05, 3.63) is 0 Å². The van der Waals surface area contributed by atoms with Crippen LogP contribution >= 0.6 is 0 Å². The molecule has 1 saturated carbocycles. The average Bonchev–Trinajstić information content (AvgIpc) is 2.56. The van der Waals surface area contributed by atoms with Crippen LogP contribution in [0, 0.1) is 11.8 Å². The van der Waals surface area contributed by atoms with Crippen molar-refractivity contribution in [2.24, 2.45) is 11.8 Å². The SMILES string of the molecule is CCS(=O)(=O)[C@@]1(CO)C[C@@H](CO)C[C@@H]1C. The zero-order valence-electron chi connectivity index (χ0n) is 9.31. The summed E-state index contributed by atoms with van der Waals surface area (Å²) >= 11 is 0. The molecule has 0 radical (unpaired) electrons. The Morgan fingerprint density at radius 1 is 1.40 bits per heavy atom. The predicted molar refractivity (Wildman–Crippen MR) is 58.3 cm³/mol. The molecule has 0 saturated heterocycles. The maximum absolute atomic E-state index is 12.0. The van der Waals surface area contributed by atoms with Crippen molar-refractivity contribution in [2.75, 3.05) is 19.0 Å². The second kappa shape index (κ2) is 4.39. The maximum Gasteiger partial charge on any atom is 0.158 e. The van der Waals surface area contributed by atoms with Gasteiger partial charge in [-0.05, 0) is 24.7 Å². The Balaban J connectivity index is 3.06. The molecule has 0 aromatic carbocycles. The number of aliphatic hydroxyl groups is 2. The highest BCUT2D eigenvalue weighted by atomic mass is 32.2. The van der Waals surface area contributed by atoms with E-state index in [0.29, 0.717) is 12.8 Å². The molecule has 4 nitrogen and oxygen atoms in total. The third-order valence-electron chi connectivity index (χ3n) is 3.74. The standard InChI is InChI=1S/C10H20O4S/c1-3-15(13,14)10(7-12)5-9(6-11)4-8(10)2/h8-9,11-12H,3-7H2,1-2H3/t8-,9-,10+/m0/s1. The normalized spacial score (nSPS) is 37.1. The molecule has 0 bridgehead atoms. The number of hydrogen-bond donors (Lipinski definition) is 2. The van der Waals surface area contributed by atoms with Crippen LogP contribution in [0.25, 0.3) is 0 Å². The molecule has 1 aliphatic carbocycles. The summed E-state index contributed by atoms with van der Waals surface area (Å²) in [6.45, 7) is 3.12. The molecule has 0 aromatic rings. The predicted octanol–water partition coefficient (Wildman–Crippen LogP) is 0.191. The van der Waals surface area contributed by atoms with E-state index in [4.69, 9.17) is 5.11 Å². The molecular formula is C10H20O4S. The van der Waals surface area contributed by atoms with E-state index in [1.807, 2.05) is 6.92 Å². The van der Waals surface area contributed by atoms with Crippen LogP contribution in [0.5, 0.6) is 0 Å². The van der Waals surface area contributed by atoms with Gasteiger partial charge in [0.25, 0.3) is 0 Å². The number of sulfone groups is 1. The Kier molecular flexibility index (Phi) is 3.79. The zero-order chi connectivity index (χ0) is 11.7. The smallest absolute Gasteiger partial charge is 0.158 e. The van der Waals surface area contributed by atoms with Gasteiger partial charge >= 0.3 is 0 Å². The van der Waals surface area contributed by atoms with Crippen molar-refractivity contribution in [3.8, 4) is 0 Å². The molecule has 15 heavy (non-hydrogen) atoms. The first-order chi connectivity index (χ1) is 6.93. The van der Waals surface area contributed by atoms with Gasteiger partial charge in [0, 0.05) is 12.4 Å². The highest BCUT2D eigenvalue weighted by Crippen LogP contribution is 2.44. The van der Waals surface area contributed by atoms with Crippen LogP contribution in [0.2, 0.25) is 0 Å². The van der Waals surface area contributed by atoms with Crippen molar-refractivity contribution in [1.82, 2.24) is 0 Å². The van der Waals surface area contributed by atoms with Gasteiger partial charge in [0.2, 0.25) is 0 Å². The summed E-state index contributed by atoms with van der Waals surface area (Å²) in [7, 11) is -3.26. The summed E-state index contributed by atoms with van der Waals surface area (Å²) in [5, 5.41) is 18.5. The van der Waals surface area contributed by atoms with Gasteiger partial charge in [0.15, 0.2) is 9.84 Å². The molecule has 1 rings (SSSR count). The fraction of sp³-hybridized carbons (Fsp3) is 1.00. The Hall–Kier alpha value is -0.130. The summed E-state index contributed by atoms with van der Waals surface area (Å²) in [5.41, 5.74) is 0. The summed E-state index contributed by atoms with van der Waals surface area (Å²) in [6.07, 6.45) is 1.06. The Labute approximate surface area is 91.2 Å². The van der Waals surface area contributed by atoms with E-state index in [0.717, 1.165) is 0 Å². The van der Waals surface area contributed by atoms with Gasteiger partial charge in [-0.25, -0.2) is 8.42 Å². The molecule has 0 unspecified atom stereocenters. The third-order valence-corrected chi connectivity index (χ3v) is 6.44. The first kappa shape index (κ1) is 12.9. The quantitative estimate of drug-likeness (QED) is 0.731. The summed E-state index contributed by atoms with van der Waals surface area (Å²) < 4.78 is 23.0. The molecule has 1 aliphatic rings. The van der Waals surface area contributed by atoms with Crippen LogP contribution in [-0.2, 0) is 9.84 Å². The lowest BCUT2D eigenvalue weighted by Crippen LogP contribution is -2.45. The molecule has 90 valence electrons. The second-order valence-electron chi connectivity index (χ2n) is 4.52. The largest absolute Gasteiger partial charge is 0.396 e. The maximum atomic E-state index is 12.0. The van der Waals surface area contributed by atoms with Gasteiger partial charge < -0.3 is 10.2 Å². The van der Waals surface area contributed by atoms with Crippen molar-refractivity contribution >= 4 is 9.84 Å².